The summed E-state index contributed by atoms with van der Waals surface area (Å²) in [6, 6.07) is 0. The minimum Gasteiger partial charge on any atom is -0.393 e. The molecule has 0 aliphatic heterocycles. The van der Waals surface area contributed by atoms with Crippen LogP contribution in [0.4, 0.5) is 0 Å². The SMILES string of the molecule is CC1C(O)CCC2(C)C(=O)CCCC12. The van der Waals surface area contributed by atoms with E-state index in [0.717, 1.165) is 32.1 Å². The van der Waals surface area contributed by atoms with E-state index >= 15 is 0 Å². The van der Waals surface area contributed by atoms with E-state index in [0.29, 0.717) is 17.6 Å². The van der Waals surface area contributed by atoms with Crippen LogP contribution in [0.25, 0.3) is 0 Å². The van der Waals surface area contributed by atoms with E-state index in [4.69, 9.17) is 0 Å². The maximum atomic E-state index is 11.9. The van der Waals surface area contributed by atoms with Crippen molar-refractivity contribution < 1.29 is 9.90 Å². The summed E-state index contributed by atoms with van der Waals surface area (Å²) in [6.07, 6.45) is 4.42. The predicted octanol–water partition coefficient (Wildman–Crippen LogP) is 2.15. The highest BCUT2D eigenvalue weighted by Gasteiger charge is 2.49. The number of hydrogen-bond donors (Lipinski definition) is 1. The molecule has 0 spiro atoms. The number of hydrogen-bond acceptors (Lipinski definition) is 2. The largest absolute Gasteiger partial charge is 0.393 e. The van der Waals surface area contributed by atoms with Crippen LogP contribution in [0, 0.1) is 17.3 Å². The van der Waals surface area contributed by atoms with Gasteiger partial charge in [-0.25, -0.2) is 0 Å². The zero-order chi connectivity index (χ0) is 10.3. The Hall–Kier alpha value is -0.370. The van der Waals surface area contributed by atoms with Crippen LogP contribution in [-0.2, 0) is 4.79 Å². The second kappa shape index (κ2) is 3.34. The molecule has 2 nitrogen and oxygen atoms in total. The maximum Gasteiger partial charge on any atom is 0.139 e. The molecule has 4 atom stereocenters. The van der Waals surface area contributed by atoms with Crippen LogP contribution in [0.1, 0.15) is 46.0 Å². The monoisotopic (exact) mass is 196 g/mol. The van der Waals surface area contributed by atoms with Crippen LogP contribution in [0.15, 0.2) is 0 Å². The quantitative estimate of drug-likeness (QED) is 0.644. The molecular weight excluding hydrogens is 176 g/mol. The van der Waals surface area contributed by atoms with Crippen molar-refractivity contribution in [2.24, 2.45) is 17.3 Å². The first-order valence-electron chi connectivity index (χ1n) is 5.77. The molecule has 14 heavy (non-hydrogen) atoms. The van der Waals surface area contributed by atoms with Crippen molar-refractivity contribution in [2.45, 2.75) is 52.1 Å². The van der Waals surface area contributed by atoms with Gasteiger partial charge < -0.3 is 5.11 Å². The molecule has 1 N–H and O–H groups in total. The van der Waals surface area contributed by atoms with Gasteiger partial charge in [0.15, 0.2) is 0 Å². The van der Waals surface area contributed by atoms with Gasteiger partial charge in [0.25, 0.3) is 0 Å². The van der Waals surface area contributed by atoms with E-state index in [1.54, 1.807) is 0 Å². The van der Waals surface area contributed by atoms with Crippen molar-refractivity contribution in [1.82, 2.24) is 0 Å². The van der Waals surface area contributed by atoms with Gasteiger partial charge in [-0.3, -0.25) is 4.79 Å². The molecule has 0 aromatic carbocycles. The lowest BCUT2D eigenvalue weighted by Gasteiger charge is -2.48. The lowest BCUT2D eigenvalue weighted by atomic mass is 9.56. The van der Waals surface area contributed by atoms with E-state index in [1.165, 1.54) is 0 Å². The smallest absolute Gasteiger partial charge is 0.139 e. The third-order valence-electron chi connectivity index (χ3n) is 4.58. The minimum absolute atomic E-state index is 0.114. The summed E-state index contributed by atoms with van der Waals surface area (Å²) in [5, 5.41) is 9.81. The molecule has 0 amide bonds. The third-order valence-corrected chi connectivity index (χ3v) is 4.58. The van der Waals surface area contributed by atoms with E-state index in [2.05, 4.69) is 13.8 Å². The van der Waals surface area contributed by atoms with E-state index < -0.39 is 0 Å². The fourth-order valence-electron chi connectivity index (χ4n) is 3.44. The van der Waals surface area contributed by atoms with Crippen molar-refractivity contribution in [3.63, 3.8) is 0 Å². The highest BCUT2D eigenvalue weighted by Crippen LogP contribution is 2.50. The van der Waals surface area contributed by atoms with Gasteiger partial charge in [-0.2, -0.15) is 0 Å². The molecule has 0 radical (unpaired) electrons. The van der Waals surface area contributed by atoms with Crippen molar-refractivity contribution in [3.8, 4) is 0 Å². The number of ketones is 1. The van der Waals surface area contributed by atoms with Crippen molar-refractivity contribution in [1.29, 1.82) is 0 Å². The summed E-state index contributed by atoms with van der Waals surface area (Å²) in [5.74, 6) is 1.16. The molecule has 0 saturated heterocycles. The Morgan fingerprint density at radius 3 is 2.86 bits per heavy atom. The van der Waals surface area contributed by atoms with Gasteiger partial charge in [-0.15, -0.1) is 0 Å². The average molecular weight is 196 g/mol. The van der Waals surface area contributed by atoms with Crippen LogP contribution in [0.2, 0.25) is 0 Å². The summed E-state index contributed by atoms with van der Waals surface area (Å²) in [7, 11) is 0. The Morgan fingerprint density at radius 2 is 2.14 bits per heavy atom. The van der Waals surface area contributed by atoms with Crippen LogP contribution in [-0.4, -0.2) is 17.0 Å². The van der Waals surface area contributed by atoms with Gasteiger partial charge in [0.2, 0.25) is 0 Å². The van der Waals surface area contributed by atoms with Gasteiger partial charge in [-0.05, 0) is 37.5 Å². The van der Waals surface area contributed by atoms with Gasteiger partial charge in [-0.1, -0.05) is 13.8 Å². The zero-order valence-corrected chi connectivity index (χ0v) is 9.12. The summed E-state index contributed by atoms with van der Waals surface area (Å²) >= 11 is 0. The van der Waals surface area contributed by atoms with Gasteiger partial charge in [0.1, 0.15) is 5.78 Å². The second-order valence-electron chi connectivity index (χ2n) is 5.30. The van der Waals surface area contributed by atoms with Gasteiger partial charge in [0, 0.05) is 11.8 Å². The Bertz CT molecular complexity index is 249. The molecule has 2 heteroatoms. The molecule has 0 bridgehead atoms. The number of carbonyl (C=O) groups excluding carboxylic acids is 1. The number of aliphatic hydroxyl groups is 1. The summed E-state index contributed by atoms with van der Waals surface area (Å²) in [6.45, 7) is 4.22. The van der Waals surface area contributed by atoms with E-state index in [1.807, 2.05) is 0 Å². The second-order valence-corrected chi connectivity index (χ2v) is 5.30. The molecule has 2 fully saturated rings. The Morgan fingerprint density at radius 1 is 1.43 bits per heavy atom. The summed E-state index contributed by atoms with van der Waals surface area (Å²) in [4.78, 5) is 11.9. The van der Waals surface area contributed by atoms with E-state index in [-0.39, 0.29) is 11.5 Å². The molecule has 2 rings (SSSR count). The van der Waals surface area contributed by atoms with E-state index in [9.17, 15) is 9.90 Å². The first kappa shape index (κ1) is 10.2. The Kier molecular flexibility index (Phi) is 2.42. The number of fused-ring (bicyclic) bond motifs is 1. The molecule has 0 aromatic rings. The Labute approximate surface area is 85.7 Å². The van der Waals surface area contributed by atoms with Crippen molar-refractivity contribution in [3.05, 3.63) is 0 Å². The highest BCUT2D eigenvalue weighted by atomic mass is 16.3. The summed E-state index contributed by atoms with van der Waals surface area (Å²) < 4.78 is 0. The third kappa shape index (κ3) is 1.31. The Balaban J connectivity index is 2.25. The standard InChI is InChI=1S/C12H20O2/c1-8-9-4-3-5-11(14)12(9,2)7-6-10(8)13/h8-10,13H,3-7H2,1-2H3. The van der Waals surface area contributed by atoms with Crippen LogP contribution < -0.4 is 0 Å². The number of Topliss-reactive ketones (excluding diaryl/α,β-unsaturated/α-hetero) is 1. The lowest BCUT2D eigenvalue weighted by molar-refractivity contribution is -0.143. The van der Waals surface area contributed by atoms with Crippen molar-refractivity contribution in [2.75, 3.05) is 0 Å². The number of carbonyl (C=O) groups is 1. The minimum atomic E-state index is -0.182. The molecule has 0 heterocycles. The highest BCUT2D eigenvalue weighted by molar-refractivity contribution is 5.85. The van der Waals surface area contributed by atoms with Crippen LogP contribution in [0.5, 0.6) is 0 Å². The number of aliphatic hydroxyl groups excluding tert-OH is 1. The van der Waals surface area contributed by atoms with Crippen molar-refractivity contribution >= 4 is 5.78 Å². The summed E-state index contributed by atoms with van der Waals surface area (Å²) in [5.41, 5.74) is -0.114. The average Bonchev–Trinajstić information content (AvgIpc) is 2.16. The molecule has 2 saturated carbocycles. The topological polar surface area (TPSA) is 37.3 Å². The van der Waals surface area contributed by atoms with Gasteiger partial charge >= 0.3 is 0 Å². The molecule has 2 aliphatic carbocycles. The molecule has 0 aromatic heterocycles. The van der Waals surface area contributed by atoms with Crippen LogP contribution >= 0.6 is 0 Å². The first-order chi connectivity index (χ1) is 6.55. The lowest BCUT2D eigenvalue weighted by Crippen LogP contribution is -2.49. The normalized spacial score (nSPS) is 48.8. The van der Waals surface area contributed by atoms with Gasteiger partial charge in [0.05, 0.1) is 6.10 Å². The maximum absolute atomic E-state index is 11.9. The zero-order valence-electron chi connectivity index (χ0n) is 9.12. The van der Waals surface area contributed by atoms with Crippen LogP contribution in [0.3, 0.4) is 0 Å². The number of rotatable bonds is 0. The molecule has 2 aliphatic rings. The molecule has 80 valence electrons. The molecular formula is C12H20O2. The predicted molar refractivity (Wildman–Crippen MR) is 54.9 cm³/mol. The fraction of sp³-hybridized carbons (Fsp3) is 0.917. The fourth-order valence-corrected chi connectivity index (χ4v) is 3.44. The first-order valence-corrected chi connectivity index (χ1v) is 5.77. The molecule has 4 unspecified atom stereocenters.